The number of nitrogens with zero attached hydrogens (tertiary/aromatic N) is 1. The number of benzene rings is 1. The molecule has 3 rings (SSSR count). The molecule has 2 heterocycles. The lowest BCUT2D eigenvalue weighted by Gasteiger charge is -2.09. The number of aromatic nitrogens is 3. The van der Waals surface area contributed by atoms with E-state index in [1.165, 1.54) is 0 Å². The number of esters is 1. The molecule has 0 unspecified atom stereocenters. The molecule has 0 spiro atoms. The molecule has 254 valence electrons. The first-order valence-electron chi connectivity index (χ1n) is 13.1. The molecule has 6 N–H and O–H groups in total. The van der Waals surface area contributed by atoms with Crippen molar-refractivity contribution in [1.29, 1.82) is 0 Å². The number of aliphatic carboxylic acids is 2. The molecule has 0 bridgehead atoms. The summed E-state index contributed by atoms with van der Waals surface area (Å²) in [5, 5.41) is 27.1. The van der Waals surface area contributed by atoms with Gasteiger partial charge in [0.25, 0.3) is 5.91 Å². The van der Waals surface area contributed by atoms with Gasteiger partial charge in [-0.3, -0.25) is 9.89 Å². The van der Waals surface area contributed by atoms with E-state index in [9.17, 15) is 35.9 Å². The summed E-state index contributed by atoms with van der Waals surface area (Å²) in [6.45, 7) is 4.71. The fraction of sp³-hybridized carbons (Fsp3) is 0.370. The molecule has 0 fully saturated rings. The number of amides is 1. The molecule has 0 saturated heterocycles. The van der Waals surface area contributed by atoms with E-state index in [2.05, 4.69) is 25.8 Å². The average molecular weight is 668 g/mol. The largest absolute Gasteiger partial charge is 0.497 e. The van der Waals surface area contributed by atoms with Crippen LogP contribution in [-0.2, 0) is 33.7 Å². The summed E-state index contributed by atoms with van der Waals surface area (Å²) in [6.07, 6.45) is -5.49. The van der Waals surface area contributed by atoms with Crippen molar-refractivity contribution in [2.24, 2.45) is 0 Å². The van der Waals surface area contributed by atoms with Crippen LogP contribution in [0.5, 0.6) is 5.75 Å². The van der Waals surface area contributed by atoms with E-state index in [-0.39, 0.29) is 12.5 Å². The van der Waals surface area contributed by atoms with Gasteiger partial charge in [0.2, 0.25) is 0 Å². The van der Waals surface area contributed by atoms with Gasteiger partial charge in [-0.25, -0.2) is 14.4 Å². The Kier molecular flexibility index (Phi) is 15.1. The number of rotatable bonds is 11. The van der Waals surface area contributed by atoms with Crippen molar-refractivity contribution in [3.63, 3.8) is 0 Å². The minimum Gasteiger partial charge on any atom is -0.497 e. The van der Waals surface area contributed by atoms with Gasteiger partial charge in [-0.05, 0) is 55.2 Å². The van der Waals surface area contributed by atoms with Crippen molar-refractivity contribution in [2.45, 2.75) is 45.6 Å². The van der Waals surface area contributed by atoms with E-state index in [0.717, 1.165) is 17.0 Å². The van der Waals surface area contributed by atoms with Gasteiger partial charge in [-0.2, -0.15) is 31.4 Å². The second-order valence-electron chi connectivity index (χ2n) is 8.71. The zero-order valence-corrected chi connectivity index (χ0v) is 24.6. The third-order valence-corrected chi connectivity index (χ3v) is 5.54. The van der Waals surface area contributed by atoms with Crippen molar-refractivity contribution in [1.82, 2.24) is 20.5 Å². The first-order valence-corrected chi connectivity index (χ1v) is 13.1. The van der Waals surface area contributed by atoms with Crippen LogP contribution in [0.1, 0.15) is 51.5 Å². The predicted molar refractivity (Wildman–Crippen MR) is 148 cm³/mol. The molecule has 0 saturated carbocycles. The van der Waals surface area contributed by atoms with Gasteiger partial charge in [0.05, 0.1) is 32.0 Å². The summed E-state index contributed by atoms with van der Waals surface area (Å²) in [5.41, 5.74) is 3.92. The van der Waals surface area contributed by atoms with Crippen LogP contribution in [0.3, 0.4) is 0 Å². The number of hydrogen-bond donors (Lipinski definition) is 6. The normalized spacial score (nSPS) is 10.8. The third-order valence-electron chi connectivity index (χ3n) is 5.54. The molecular weight excluding hydrogens is 636 g/mol. The second kappa shape index (κ2) is 17.9. The Bertz CT molecular complexity index is 1400. The number of methoxy groups -OCH3 is 1. The van der Waals surface area contributed by atoms with Crippen LogP contribution < -0.4 is 15.4 Å². The lowest BCUT2D eigenvalue weighted by molar-refractivity contribution is -0.193. The average Bonchev–Trinajstić information content (AvgIpc) is 3.64. The molecule has 13 nitrogen and oxygen atoms in total. The van der Waals surface area contributed by atoms with Crippen LogP contribution in [0, 0.1) is 0 Å². The molecule has 0 aliphatic heterocycles. The topological polar surface area (TPSA) is 196 Å². The van der Waals surface area contributed by atoms with Gasteiger partial charge >= 0.3 is 30.3 Å². The lowest BCUT2D eigenvalue weighted by atomic mass is 10.1. The Balaban J connectivity index is 0.000000629. The number of hydrogen-bond acceptors (Lipinski definition) is 8. The van der Waals surface area contributed by atoms with E-state index in [4.69, 9.17) is 29.3 Å². The number of carbonyl (C=O) groups excluding carboxylic acids is 2. The summed E-state index contributed by atoms with van der Waals surface area (Å²) in [7, 11) is 1.61. The highest BCUT2D eigenvalue weighted by atomic mass is 19.4. The maximum absolute atomic E-state index is 12.9. The van der Waals surface area contributed by atoms with E-state index in [1.807, 2.05) is 31.2 Å². The smallest absolute Gasteiger partial charge is 0.490 e. The van der Waals surface area contributed by atoms with Gasteiger partial charge in [0, 0.05) is 24.1 Å². The number of H-pyrrole nitrogens is 2. The third kappa shape index (κ3) is 12.8. The predicted octanol–water partition coefficient (Wildman–Crippen LogP) is 4.34. The maximum Gasteiger partial charge on any atom is 0.490 e. The Hall–Kier alpha value is -5.23. The molecule has 46 heavy (non-hydrogen) atoms. The Labute approximate surface area is 257 Å². The van der Waals surface area contributed by atoms with Crippen LogP contribution in [-0.4, -0.2) is 81.8 Å². The molecular formula is C27H31F6N5O8. The number of carboxylic acid groups (broad SMARTS) is 2. The zero-order chi connectivity index (χ0) is 35.1. The van der Waals surface area contributed by atoms with Gasteiger partial charge in [-0.15, -0.1) is 0 Å². The summed E-state index contributed by atoms with van der Waals surface area (Å²) >= 11 is 0. The molecule has 0 aliphatic rings. The Morgan fingerprint density at radius 2 is 1.52 bits per heavy atom. The molecule has 0 atom stereocenters. The highest BCUT2D eigenvalue weighted by molar-refractivity contribution is 6.00. The number of carboxylic acids is 2. The molecule has 19 heteroatoms. The van der Waals surface area contributed by atoms with E-state index < -0.39 is 30.3 Å². The molecule has 0 aliphatic carbocycles. The van der Waals surface area contributed by atoms with Crippen molar-refractivity contribution >= 4 is 29.5 Å². The van der Waals surface area contributed by atoms with Crippen molar-refractivity contribution in [3.05, 3.63) is 64.7 Å². The molecule has 2 aromatic heterocycles. The first-order chi connectivity index (χ1) is 21.5. The van der Waals surface area contributed by atoms with Crippen LogP contribution in [0.25, 0.3) is 0 Å². The number of halogens is 6. The van der Waals surface area contributed by atoms with Gasteiger partial charge in [0.1, 0.15) is 11.4 Å². The van der Waals surface area contributed by atoms with Crippen LogP contribution in [0.2, 0.25) is 0 Å². The van der Waals surface area contributed by atoms with Gasteiger partial charge in [0.15, 0.2) is 0 Å². The summed E-state index contributed by atoms with van der Waals surface area (Å²) in [4.78, 5) is 46.6. The highest BCUT2D eigenvalue weighted by Crippen LogP contribution is 2.24. The van der Waals surface area contributed by atoms with Crippen LogP contribution in [0.4, 0.5) is 32.0 Å². The molecule has 1 aromatic carbocycles. The number of anilines is 1. The SMILES string of the molecule is CCOC(=O)c1c(CNc2ccc(OC)cc2)[nH]c(C(=O)NCCc2cn[nH]c2)c1CC.O=C(O)C(F)(F)F.O=C(O)C(F)(F)F. The Morgan fingerprint density at radius 3 is 1.96 bits per heavy atom. The van der Waals surface area contributed by atoms with E-state index >= 15 is 0 Å². The quantitative estimate of drug-likeness (QED) is 0.127. The van der Waals surface area contributed by atoms with Crippen LogP contribution in [0.15, 0.2) is 36.7 Å². The number of carbonyl (C=O) groups is 4. The summed E-state index contributed by atoms with van der Waals surface area (Å²) in [5.74, 6) is -5.46. The monoisotopic (exact) mass is 667 g/mol. The minimum atomic E-state index is -5.08. The van der Waals surface area contributed by atoms with E-state index in [1.54, 1.807) is 26.4 Å². The number of nitrogens with one attached hydrogen (secondary N) is 4. The summed E-state index contributed by atoms with van der Waals surface area (Å²) in [6, 6.07) is 7.46. The number of alkyl halides is 6. The van der Waals surface area contributed by atoms with Crippen molar-refractivity contribution in [2.75, 3.05) is 25.6 Å². The molecule has 1 amide bonds. The summed E-state index contributed by atoms with van der Waals surface area (Å²) < 4.78 is 73.9. The van der Waals surface area contributed by atoms with Crippen molar-refractivity contribution < 1.29 is 65.2 Å². The molecule has 0 radical (unpaired) electrons. The zero-order valence-electron chi connectivity index (χ0n) is 24.6. The minimum absolute atomic E-state index is 0.255. The van der Waals surface area contributed by atoms with Crippen molar-refractivity contribution in [3.8, 4) is 5.75 Å². The van der Waals surface area contributed by atoms with Gasteiger partial charge < -0.3 is 35.3 Å². The fourth-order valence-corrected chi connectivity index (χ4v) is 3.45. The Morgan fingerprint density at radius 1 is 0.957 bits per heavy atom. The van der Waals surface area contributed by atoms with Crippen LogP contribution >= 0.6 is 0 Å². The maximum atomic E-state index is 12.9. The second-order valence-corrected chi connectivity index (χ2v) is 8.71. The fourth-order valence-electron chi connectivity index (χ4n) is 3.45. The highest BCUT2D eigenvalue weighted by Gasteiger charge is 2.38. The molecule has 3 aromatic rings. The first kappa shape index (κ1) is 38.8. The standard InChI is InChI=1S/C23H29N5O4.2C2HF3O2/c1-4-18-20(23(30)32-5-2)19(14-25-16-6-8-17(31-3)9-7-16)28-21(18)22(29)24-11-10-15-12-26-27-13-15;2*3-2(4,5)1(6)7/h6-9,12-13,25,28H,4-5,10-11,14H2,1-3H3,(H,24,29)(H,26,27);2*(H,6,7). The van der Waals surface area contributed by atoms with Gasteiger partial charge in [-0.1, -0.05) is 6.92 Å². The number of aromatic amines is 2. The number of ether oxygens (including phenoxy) is 2. The lowest BCUT2D eigenvalue weighted by Crippen LogP contribution is -2.27. The van der Waals surface area contributed by atoms with E-state index in [0.29, 0.717) is 48.4 Å².